The molecule has 0 saturated heterocycles. The molecule has 24 heavy (non-hydrogen) atoms. The van der Waals surface area contributed by atoms with Crippen LogP contribution in [0.2, 0.25) is 0 Å². The molecule has 1 rings (SSSR count). The average Bonchev–Trinajstić information content (AvgIpc) is 2.51. The van der Waals surface area contributed by atoms with Crippen molar-refractivity contribution >= 4 is 19.4 Å². The summed E-state index contributed by atoms with van der Waals surface area (Å²) in [5.41, 5.74) is 0.677. The Balaban J connectivity index is 3.26. The fraction of sp³-hybridized carbons (Fsp3) is 0.600. The molecule has 0 atom stereocenters. The number of nitrogens with zero attached hydrogens (tertiary/aromatic N) is 3. The molecule has 0 fully saturated rings. The molecule has 0 aromatic heterocycles. The second kappa shape index (κ2) is 8.10. The van der Waals surface area contributed by atoms with Crippen LogP contribution in [0.4, 0.5) is 28.2 Å². The fourth-order valence-electron chi connectivity index (χ4n) is 2.22. The summed E-state index contributed by atoms with van der Waals surface area (Å²) in [5.74, 6) is 0.178. The maximum atomic E-state index is 12.4. The van der Waals surface area contributed by atoms with E-state index in [9.17, 15) is 16.8 Å². The summed E-state index contributed by atoms with van der Waals surface area (Å²) in [6.07, 6.45) is 1.23. The zero-order valence-electron chi connectivity index (χ0n) is 14.3. The molecule has 0 spiro atoms. The molecule has 0 aliphatic heterocycles. The first-order valence-electron chi connectivity index (χ1n) is 7.98. The molecule has 1 aromatic rings. The Labute approximate surface area is 140 Å². The van der Waals surface area contributed by atoms with Gasteiger partial charge >= 0.3 is 139 Å². The Morgan fingerprint density at radius 1 is 1.04 bits per heavy atom. The first-order valence-corrected chi connectivity index (χ1v) is 9.73. The van der Waals surface area contributed by atoms with Gasteiger partial charge in [0.2, 0.25) is 0 Å². The van der Waals surface area contributed by atoms with E-state index in [1.807, 2.05) is 37.5 Å². The number of halogens is 4. The summed E-state index contributed by atoms with van der Waals surface area (Å²) < 4.78 is 55.5. The zero-order chi connectivity index (χ0) is 18.4. The molecule has 0 heterocycles. The van der Waals surface area contributed by atoms with E-state index in [0.717, 1.165) is 18.8 Å². The number of hydrogen-bond donors (Lipinski definition) is 0. The Morgan fingerprint density at radius 2 is 1.62 bits per heavy atom. The normalized spacial score (nSPS) is 14.0. The molecule has 9 heteroatoms. The average molecular weight is 369 g/mol. The Kier molecular flexibility index (Phi) is 6.96. The summed E-state index contributed by atoms with van der Waals surface area (Å²) in [6.45, 7) is 9.26. The van der Waals surface area contributed by atoms with Gasteiger partial charge in [0, 0.05) is 0 Å². The standard InChI is InChI=1S/C15H24F4N3OP/c1-5-13(6-2)23-15-11-12(22(7-3)8-4)9-10-14(15)20-21-24(16,17,18)19/h9-11,13H,5-8H2,1-4H3. The van der Waals surface area contributed by atoms with Crippen LogP contribution in [0.1, 0.15) is 40.5 Å². The third kappa shape index (κ3) is 6.59. The minimum atomic E-state index is -8.04. The van der Waals surface area contributed by atoms with Gasteiger partial charge in [0.15, 0.2) is 0 Å². The maximum absolute atomic E-state index is 12.4. The molecule has 4 nitrogen and oxygen atoms in total. The van der Waals surface area contributed by atoms with Crippen LogP contribution in [0.5, 0.6) is 5.75 Å². The molecule has 0 bridgehead atoms. The predicted octanol–water partition coefficient (Wildman–Crippen LogP) is 7.19. The van der Waals surface area contributed by atoms with E-state index in [4.69, 9.17) is 4.74 Å². The SMILES string of the molecule is CCC(CC)Oc1cc(N(CC)CC)ccc1N=NP(F)(F)(F)F. The van der Waals surface area contributed by atoms with E-state index < -0.39 is 8.00 Å². The quantitative estimate of drug-likeness (QED) is 0.262. The van der Waals surface area contributed by atoms with Crippen molar-refractivity contribution in [2.24, 2.45) is 10.00 Å². The molecule has 1 aromatic carbocycles. The van der Waals surface area contributed by atoms with Crippen molar-refractivity contribution in [1.82, 2.24) is 0 Å². The summed E-state index contributed by atoms with van der Waals surface area (Å²) >= 11 is 0. The summed E-state index contributed by atoms with van der Waals surface area (Å²) in [6, 6.07) is 4.63. The van der Waals surface area contributed by atoms with Crippen LogP contribution in [0.25, 0.3) is 0 Å². The number of rotatable bonds is 9. The van der Waals surface area contributed by atoms with Gasteiger partial charge in [-0.15, -0.1) is 0 Å². The molecule has 0 aliphatic carbocycles. The van der Waals surface area contributed by atoms with Gasteiger partial charge in [-0.2, -0.15) is 0 Å². The van der Waals surface area contributed by atoms with Crippen LogP contribution in [0.15, 0.2) is 28.2 Å². The second-order valence-electron chi connectivity index (χ2n) is 5.26. The van der Waals surface area contributed by atoms with Crippen LogP contribution in [-0.4, -0.2) is 19.2 Å². The third-order valence-corrected chi connectivity index (χ3v) is 3.92. The van der Waals surface area contributed by atoms with Crippen molar-refractivity contribution < 1.29 is 21.5 Å². The van der Waals surface area contributed by atoms with Crippen LogP contribution in [0, 0.1) is 0 Å². The van der Waals surface area contributed by atoms with E-state index in [1.54, 1.807) is 12.1 Å². The Hall–Kier alpha value is -1.43. The van der Waals surface area contributed by atoms with Gasteiger partial charge in [-0.3, -0.25) is 0 Å². The molecule has 0 unspecified atom stereocenters. The van der Waals surface area contributed by atoms with Crippen LogP contribution in [-0.2, 0) is 0 Å². The van der Waals surface area contributed by atoms with Crippen molar-refractivity contribution in [3.8, 4) is 5.75 Å². The van der Waals surface area contributed by atoms with E-state index in [0.29, 0.717) is 12.8 Å². The van der Waals surface area contributed by atoms with Gasteiger partial charge in [-0.25, -0.2) is 0 Å². The van der Waals surface area contributed by atoms with Gasteiger partial charge in [0.1, 0.15) is 0 Å². The monoisotopic (exact) mass is 369 g/mol. The predicted molar refractivity (Wildman–Crippen MR) is 90.9 cm³/mol. The van der Waals surface area contributed by atoms with Gasteiger partial charge < -0.3 is 0 Å². The summed E-state index contributed by atoms with van der Waals surface area (Å²) in [5, 5.41) is 3.06. The Morgan fingerprint density at radius 3 is 2.08 bits per heavy atom. The number of benzene rings is 1. The van der Waals surface area contributed by atoms with E-state index in [2.05, 4.69) is 5.11 Å². The van der Waals surface area contributed by atoms with Crippen molar-refractivity contribution in [3.63, 3.8) is 0 Å². The van der Waals surface area contributed by atoms with Crippen molar-refractivity contribution in [1.29, 1.82) is 0 Å². The van der Waals surface area contributed by atoms with Gasteiger partial charge in [-0.1, -0.05) is 0 Å². The first-order chi connectivity index (χ1) is 11.1. The van der Waals surface area contributed by atoms with Crippen molar-refractivity contribution in [2.75, 3.05) is 18.0 Å². The van der Waals surface area contributed by atoms with Crippen LogP contribution < -0.4 is 9.64 Å². The van der Waals surface area contributed by atoms with E-state index in [-0.39, 0.29) is 17.5 Å². The first kappa shape index (κ1) is 20.6. The summed E-state index contributed by atoms with van der Waals surface area (Å²) in [4.78, 5) is 4.01. The van der Waals surface area contributed by atoms with Crippen molar-refractivity contribution in [3.05, 3.63) is 18.2 Å². The van der Waals surface area contributed by atoms with E-state index in [1.165, 1.54) is 6.07 Å². The topological polar surface area (TPSA) is 37.2 Å². The van der Waals surface area contributed by atoms with E-state index >= 15 is 0 Å². The second-order valence-corrected chi connectivity index (χ2v) is 6.81. The summed E-state index contributed by atoms with van der Waals surface area (Å²) in [7, 11) is -8.04. The fourth-order valence-corrected chi connectivity index (χ4v) is 2.45. The van der Waals surface area contributed by atoms with Crippen LogP contribution >= 0.6 is 8.00 Å². The number of anilines is 1. The molecular formula is C15H24F4N3OP. The molecule has 0 aliphatic rings. The van der Waals surface area contributed by atoms with Gasteiger partial charge in [-0.05, 0) is 0 Å². The molecule has 138 valence electrons. The van der Waals surface area contributed by atoms with Gasteiger partial charge in [0.05, 0.1) is 0 Å². The zero-order valence-corrected chi connectivity index (χ0v) is 15.2. The number of ether oxygens (including phenoxy) is 1. The molecule has 0 radical (unpaired) electrons. The molecule has 0 N–H and O–H groups in total. The Bertz CT molecular complexity index is 560. The van der Waals surface area contributed by atoms with Crippen LogP contribution in [0.3, 0.4) is 0 Å². The van der Waals surface area contributed by atoms with Gasteiger partial charge in [0.25, 0.3) is 0 Å². The molecular weight excluding hydrogens is 345 g/mol. The molecule has 0 saturated carbocycles. The number of hydrogen-bond acceptors (Lipinski definition) is 4. The molecule has 0 amide bonds. The minimum absolute atomic E-state index is 0.127. The van der Waals surface area contributed by atoms with Crippen molar-refractivity contribution in [2.45, 2.75) is 46.6 Å². The third-order valence-electron chi connectivity index (χ3n) is 3.56.